The number of carbonyl (C=O) groups excluding carboxylic acids is 2. The zero-order chi connectivity index (χ0) is 15.2. The first-order valence-corrected chi connectivity index (χ1v) is 7.11. The Kier molecular flexibility index (Phi) is 5.98. The van der Waals surface area contributed by atoms with E-state index in [4.69, 9.17) is 5.11 Å². The van der Waals surface area contributed by atoms with Crippen LogP contribution in [0.1, 0.15) is 52.4 Å². The molecule has 0 aromatic carbocycles. The molecule has 0 atom stereocenters. The molecular weight excluding hydrogens is 260 g/mol. The molecule has 0 unspecified atom stereocenters. The van der Waals surface area contributed by atoms with Crippen LogP contribution in [0.25, 0.3) is 0 Å². The van der Waals surface area contributed by atoms with E-state index in [-0.39, 0.29) is 37.2 Å². The molecule has 0 spiro atoms. The number of carboxylic acids is 1. The number of carboxylic acid groups (broad SMARTS) is 1. The van der Waals surface area contributed by atoms with Gasteiger partial charge in [0.05, 0.1) is 13.0 Å². The second-order valence-corrected chi connectivity index (χ2v) is 5.95. The molecule has 114 valence electrons. The maximum absolute atomic E-state index is 11.9. The van der Waals surface area contributed by atoms with Crippen LogP contribution in [0.5, 0.6) is 0 Å². The molecule has 0 aromatic heterocycles. The van der Waals surface area contributed by atoms with Crippen molar-refractivity contribution in [1.82, 2.24) is 10.6 Å². The fraction of sp³-hybridized carbons (Fsp3) is 0.786. The normalized spacial score (nSPS) is 16.9. The van der Waals surface area contributed by atoms with Gasteiger partial charge in [0, 0.05) is 12.5 Å². The van der Waals surface area contributed by atoms with Crippen LogP contribution in [0, 0.1) is 5.41 Å². The van der Waals surface area contributed by atoms with E-state index in [1.165, 1.54) is 0 Å². The Morgan fingerprint density at radius 2 is 1.70 bits per heavy atom. The summed E-state index contributed by atoms with van der Waals surface area (Å²) in [5, 5.41) is 14.2. The summed E-state index contributed by atoms with van der Waals surface area (Å²) in [6.07, 6.45) is 3.69. The fourth-order valence-corrected chi connectivity index (χ4v) is 2.82. The van der Waals surface area contributed by atoms with Crippen LogP contribution in [0.3, 0.4) is 0 Å². The standard InChI is InChI=1S/C14H24N2O4/c1-10(2)16-12(18)9-15-11(17)7-14(8-13(19)20)5-3-4-6-14/h10H,3-9H2,1-2H3,(H,15,17)(H,16,18)(H,19,20). The minimum atomic E-state index is -0.864. The van der Waals surface area contributed by atoms with Gasteiger partial charge in [-0.1, -0.05) is 12.8 Å². The molecule has 0 aliphatic heterocycles. The Bertz CT molecular complexity index is 373. The zero-order valence-corrected chi connectivity index (χ0v) is 12.2. The van der Waals surface area contributed by atoms with E-state index in [9.17, 15) is 14.4 Å². The lowest BCUT2D eigenvalue weighted by molar-refractivity contribution is -0.140. The first-order valence-electron chi connectivity index (χ1n) is 7.11. The summed E-state index contributed by atoms with van der Waals surface area (Å²) < 4.78 is 0. The molecular formula is C14H24N2O4. The van der Waals surface area contributed by atoms with Crippen LogP contribution < -0.4 is 10.6 Å². The van der Waals surface area contributed by atoms with Gasteiger partial charge in [-0.15, -0.1) is 0 Å². The van der Waals surface area contributed by atoms with Crippen molar-refractivity contribution in [2.75, 3.05) is 6.54 Å². The quantitative estimate of drug-likeness (QED) is 0.651. The fourth-order valence-electron chi connectivity index (χ4n) is 2.82. The van der Waals surface area contributed by atoms with Gasteiger partial charge >= 0.3 is 5.97 Å². The first kappa shape index (κ1) is 16.5. The SMILES string of the molecule is CC(C)NC(=O)CNC(=O)CC1(CC(=O)O)CCCC1. The van der Waals surface area contributed by atoms with Crippen LogP contribution in [-0.2, 0) is 14.4 Å². The van der Waals surface area contributed by atoms with E-state index >= 15 is 0 Å². The average molecular weight is 284 g/mol. The number of hydrogen-bond donors (Lipinski definition) is 3. The molecule has 1 saturated carbocycles. The minimum absolute atomic E-state index is 0.0264. The van der Waals surface area contributed by atoms with E-state index in [0.29, 0.717) is 0 Å². The largest absolute Gasteiger partial charge is 0.481 e. The molecule has 0 bridgehead atoms. The van der Waals surface area contributed by atoms with Gasteiger partial charge in [0.15, 0.2) is 0 Å². The monoisotopic (exact) mass is 284 g/mol. The molecule has 0 heterocycles. The van der Waals surface area contributed by atoms with Crippen molar-refractivity contribution in [3.05, 3.63) is 0 Å². The molecule has 1 rings (SSSR count). The second kappa shape index (κ2) is 7.26. The maximum Gasteiger partial charge on any atom is 0.303 e. The van der Waals surface area contributed by atoms with Gasteiger partial charge in [0.1, 0.15) is 0 Å². The molecule has 0 saturated heterocycles. The van der Waals surface area contributed by atoms with Crippen molar-refractivity contribution >= 4 is 17.8 Å². The van der Waals surface area contributed by atoms with Gasteiger partial charge in [-0.3, -0.25) is 14.4 Å². The maximum atomic E-state index is 11.9. The third kappa shape index (κ3) is 5.59. The van der Waals surface area contributed by atoms with Gasteiger partial charge in [-0.2, -0.15) is 0 Å². The Morgan fingerprint density at radius 3 is 2.20 bits per heavy atom. The van der Waals surface area contributed by atoms with Gasteiger partial charge in [-0.05, 0) is 32.1 Å². The van der Waals surface area contributed by atoms with Crippen molar-refractivity contribution < 1.29 is 19.5 Å². The van der Waals surface area contributed by atoms with Crippen LogP contribution in [-0.4, -0.2) is 35.5 Å². The molecule has 0 radical (unpaired) electrons. The molecule has 3 N–H and O–H groups in total. The predicted molar refractivity (Wildman–Crippen MR) is 74.1 cm³/mol. The van der Waals surface area contributed by atoms with Crippen molar-refractivity contribution in [2.45, 2.75) is 58.4 Å². The summed E-state index contributed by atoms with van der Waals surface area (Å²) in [5.41, 5.74) is -0.426. The molecule has 0 aromatic rings. The number of nitrogens with one attached hydrogen (secondary N) is 2. The Labute approximate surface area is 119 Å². The molecule has 6 nitrogen and oxygen atoms in total. The van der Waals surface area contributed by atoms with E-state index in [1.807, 2.05) is 13.8 Å². The lowest BCUT2D eigenvalue weighted by Crippen LogP contribution is -2.41. The highest BCUT2D eigenvalue weighted by Gasteiger charge is 2.37. The Hall–Kier alpha value is -1.59. The number of rotatable bonds is 7. The van der Waals surface area contributed by atoms with Gasteiger partial charge in [-0.25, -0.2) is 0 Å². The molecule has 20 heavy (non-hydrogen) atoms. The highest BCUT2D eigenvalue weighted by molar-refractivity contribution is 5.85. The van der Waals surface area contributed by atoms with E-state index in [2.05, 4.69) is 10.6 Å². The highest BCUT2D eigenvalue weighted by atomic mass is 16.4. The summed E-state index contributed by atoms with van der Waals surface area (Å²) in [7, 11) is 0. The van der Waals surface area contributed by atoms with Crippen LogP contribution >= 0.6 is 0 Å². The van der Waals surface area contributed by atoms with Crippen LogP contribution in [0.2, 0.25) is 0 Å². The molecule has 1 fully saturated rings. The summed E-state index contributed by atoms with van der Waals surface area (Å²) in [6, 6.07) is 0.0348. The summed E-state index contributed by atoms with van der Waals surface area (Å²) in [4.78, 5) is 34.3. The van der Waals surface area contributed by atoms with Crippen molar-refractivity contribution in [3.63, 3.8) is 0 Å². The number of hydrogen-bond acceptors (Lipinski definition) is 3. The predicted octanol–water partition coefficient (Wildman–Crippen LogP) is 1.05. The molecule has 6 heteroatoms. The summed E-state index contributed by atoms with van der Waals surface area (Å²) in [6.45, 7) is 3.64. The van der Waals surface area contributed by atoms with Gasteiger partial charge in [0.25, 0.3) is 0 Å². The Morgan fingerprint density at radius 1 is 1.10 bits per heavy atom. The van der Waals surface area contributed by atoms with Crippen LogP contribution in [0.15, 0.2) is 0 Å². The highest BCUT2D eigenvalue weighted by Crippen LogP contribution is 2.43. The van der Waals surface area contributed by atoms with E-state index in [0.717, 1.165) is 25.7 Å². The zero-order valence-electron chi connectivity index (χ0n) is 12.2. The van der Waals surface area contributed by atoms with Gasteiger partial charge in [0.2, 0.25) is 11.8 Å². The number of carbonyl (C=O) groups is 3. The van der Waals surface area contributed by atoms with E-state index < -0.39 is 11.4 Å². The van der Waals surface area contributed by atoms with Crippen molar-refractivity contribution in [3.8, 4) is 0 Å². The average Bonchev–Trinajstić information content (AvgIpc) is 2.72. The second-order valence-electron chi connectivity index (χ2n) is 5.95. The molecule has 2 amide bonds. The molecule has 1 aliphatic carbocycles. The number of aliphatic carboxylic acids is 1. The van der Waals surface area contributed by atoms with Crippen LogP contribution in [0.4, 0.5) is 0 Å². The lowest BCUT2D eigenvalue weighted by atomic mass is 9.79. The third-order valence-electron chi connectivity index (χ3n) is 3.62. The van der Waals surface area contributed by atoms with E-state index in [1.54, 1.807) is 0 Å². The summed E-state index contributed by atoms with van der Waals surface area (Å²) >= 11 is 0. The topological polar surface area (TPSA) is 95.5 Å². The lowest BCUT2D eigenvalue weighted by Gasteiger charge is -2.26. The number of amides is 2. The van der Waals surface area contributed by atoms with Crippen molar-refractivity contribution in [2.24, 2.45) is 5.41 Å². The van der Waals surface area contributed by atoms with Crippen molar-refractivity contribution in [1.29, 1.82) is 0 Å². The smallest absolute Gasteiger partial charge is 0.303 e. The first-order chi connectivity index (χ1) is 9.33. The Balaban J connectivity index is 2.43. The third-order valence-corrected chi connectivity index (χ3v) is 3.62. The van der Waals surface area contributed by atoms with Gasteiger partial charge < -0.3 is 15.7 Å². The minimum Gasteiger partial charge on any atom is -0.481 e. The summed E-state index contributed by atoms with van der Waals surface area (Å²) in [5.74, 6) is -1.34. The molecule has 1 aliphatic rings.